The third kappa shape index (κ3) is 3.84. The van der Waals surface area contributed by atoms with E-state index in [-0.39, 0.29) is 0 Å². The summed E-state index contributed by atoms with van der Waals surface area (Å²) in [6.45, 7) is 1.90. The third-order valence-corrected chi connectivity index (χ3v) is 5.00. The van der Waals surface area contributed by atoms with Crippen LogP contribution in [0.4, 0.5) is 11.6 Å². The minimum Gasteiger partial charge on any atom is -0.324 e. The number of benzene rings is 1. The molecule has 0 aliphatic carbocycles. The number of pyridine rings is 1. The van der Waals surface area contributed by atoms with Gasteiger partial charge in [-0.15, -0.1) is 0 Å². The van der Waals surface area contributed by atoms with E-state index in [0.717, 1.165) is 41.6 Å². The number of hydrogen-bond acceptors (Lipinski definition) is 5. The van der Waals surface area contributed by atoms with Crippen LogP contribution in [0.25, 0.3) is 0 Å². The van der Waals surface area contributed by atoms with Crippen LogP contribution in [0, 0.1) is 0 Å². The Morgan fingerprint density at radius 3 is 2.85 bits per heavy atom. The molecule has 0 amide bonds. The predicted molar refractivity (Wildman–Crippen MR) is 103 cm³/mol. The molecule has 4 rings (SSSR count). The van der Waals surface area contributed by atoms with Crippen molar-refractivity contribution in [3.05, 3.63) is 77.3 Å². The van der Waals surface area contributed by atoms with Gasteiger partial charge in [0.1, 0.15) is 11.6 Å². The summed E-state index contributed by atoms with van der Waals surface area (Å²) in [5.41, 5.74) is 2.23. The third-order valence-electron chi connectivity index (χ3n) is 4.63. The highest BCUT2D eigenvalue weighted by Gasteiger charge is 2.27. The van der Waals surface area contributed by atoms with Crippen molar-refractivity contribution in [1.29, 1.82) is 0 Å². The first-order chi connectivity index (χ1) is 12.8. The molecule has 1 atom stereocenters. The fourth-order valence-electron chi connectivity index (χ4n) is 3.40. The quantitative estimate of drug-likeness (QED) is 0.715. The molecule has 0 saturated carbocycles. The van der Waals surface area contributed by atoms with Crippen LogP contribution >= 0.6 is 11.6 Å². The second kappa shape index (κ2) is 7.81. The number of halogens is 1. The van der Waals surface area contributed by atoms with Crippen LogP contribution in [0.15, 0.2) is 61.1 Å². The van der Waals surface area contributed by atoms with Gasteiger partial charge in [-0.1, -0.05) is 35.9 Å². The molecule has 6 heteroatoms. The molecule has 1 aliphatic heterocycles. The minimum atomic E-state index is 0.301. The molecule has 0 bridgehead atoms. The van der Waals surface area contributed by atoms with Crippen molar-refractivity contribution < 1.29 is 0 Å². The van der Waals surface area contributed by atoms with Gasteiger partial charge in [0.25, 0.3) is 0 Å². The Kier molecular flexibility index (Phi) is 5.09. The lowest BCUT2D eigenvalue weighted by molar-refractivity contribution is 0.244. The molecule has 1 aliphatic rings. The molecular weight excluding hydrogens is 346 g/mol. The van der Waals surface area contributed by atoms with E-state index in [9.17, 15) is 0 Å². The van der Waals surface area contributed by atoms with Gasteiger partial charge in [0.05, 0.1) is 17.9 Å². The molecule has 5 nitrogen and oxygen atoms in total. The largest absolute Gasteiger partial charge is 0.324 e. The van der Waals surface area contributed by atoms with Gasteiger partial charge in [0.2, 0.25) is 0 Å². The predicted octanol–water partition coefficient (Wildman–Crippen LogP) is 4.61. The Morgan fingerprint density at radius 2 is 2.00 bits per heavy atom. The van der Waals surface area contributed by atoms with Crippen LogP contribution < -0.4 is 5.32 Å². The average Bonchev–Trinajstić information content (AvgIpc) is 3.13. The molecular formula is C20H20ClN5. The van der Waals surface area contributed by atoms with E-state index in [4.69, 9.17) is 16.6 Å². The number of hydrogen-bond donors (Lipinski definition) is 1. The Balaban J connectivity index is 1.52. The molecule has 3 aromatic rings. The maximum Gasteiger partial charge on any atom is 0.150 e. The van der Waals surface area contributed by atoms with E-state index >= 15 is 0 Å². The van der Waals surface area contributed by atoms with Crippen molar-refractivity contribution in [3.63, 3.8) is 0 Å². The molecule has 1 saturated heterocycles. The smallest absolute Gasteiger partial charge is 0.150 e. The first-order valence-electron chi connectivity index (χ1n) is 8.77. The summed E-state index contributed by atoms with van der Waals surface area (Å²) in [6.07, 6.45) is 7.27. The van der Waals surface area contributed by atoms with Gasteiger partial charge in [-0.05, 0) is 43.1 Å². The molecule has 26 heavy (non-hydrogen) atoms. The van der Waals surface area contributed by atoms with Crippen LogP contribution in [0.2, 0.25) is 5.02 Å². The minimum absolute atomic E-state index is 0.301. The zero-order valence-corrected chi connectivity index (χ0v) is 15.1. The maximum atomic E-state index is 6.35. The SMILES string of the molecule is Clc1ccccc1CN1CCC[C@@H]1c1cccc(Nc2cnccn2)n1. The summed E-state index contributed by atoms with van der Waals surface area (Å²) in [7, 11) is 0. The molecule has 3 heterocycles. The molecule has 0 unspecified atom stereocenters. The number of aromatic nitrogens is 3. The summed E-state index contributed by atoms with van der Waals surface area (Å²) in [4.78, 5) is 15.6. The van der Waals surface area contributed by atoms with Crippen LogP contribution in [0.1, 0.15) is 30.1 Å². The maximum absolute atomic E-state index is 6.35. The normalized spacial score (nSPS) is 17.3. The summed E-state index contributed by atoms with van der Waals surface area (Å²) in [5, 5.41) is 4.04. The standard InChI is InChI=1S/C20H20ClN5/c21-16-6-2-1-5-15(16)14-26-12-4-8-18(26)17-7-3-9-19(24-17)25-20-13-22-10-11-23-20/h1-3,5-7,9-11,13,18H,4,8,12,14H2,(H,23,24,25)/t18-/m1/s1. The molecule has 1 aromatic carbocycles. The number of nitrogens with one attached hydrogen (secondary N) is 1. The Morgan fingerprint density at radius 1 is 1.08 bits per heavy atom. The summed E-state index contributed by atoms with van der Waals surface area (Å²) in [6, 6.07) is 14.4. The first-order valence-corrected chi connectivity index (χ1v) is 9.15. The lowest BCUT2D eigenvalue weighted by Gasteiger charge is -2.25. The molecule has 2 aromatic heterocycles. The van der Waals surface area contributed by atoms with E-state index < -0.39 is 0 Å². The highest BCUT2D eigenvalue weighted by Crippen LogP contribution is 2.33. The molecule has 132 valence electrons. The zero-order valence-electron chi connectivity index (χ0n) is 14.3. The van der Waals surface area contributed by atoms with Crippen molar-refractivity contribution in [1.82, 2.24) is 19.9 Å². The topological polar surface area (TPSA) is 53.9 Å². The second-order valence-electron chi connectivity index (χ2n) is 6.38. The van der Waals surface area contributed by atoms with Crippen molar-refractivity contribution >= 4 is 23.2 Å². The first kappa shape index (κ1) is 16.9. The van der Waals surface area contributed by atoms with E-state index in [1.807, 2.05) is 30.3 Å². The highest BCUT2D eigenvalue weighted by molar-refractivity contribution is 6.31. The van der Waals surface area contributed by atoms with E-state index in [2.05, 4.69) is 32.3 Å². The van der Waals surface area contributed by atoms with Gasteiger partial charge in [-0.3, -0.25) is 9.88 Å². The second-order valence-corrected chi connectivity index (χ2v) is 6.79. The van der Waals surface area contributed by atoms with Gasteiger partial charge >= 0.3 is 0 Å². The Hall–Kier alpha value is -2.50. The monoisotopic (exact) mass is 365 g/mol. The van der Waals surface area contributed by atoms with Gasteiger partial charge in [-0.2, -0.15) is 0 Å². The lowest BCUT2D eigenvalue weighted by Crippen LogP contribution is -2.23. The fraction of sp³-hybridized carbons (Fsp3) is 0.250. The Bertz CT molecular complexity index is 871. The van der Waals surface area contributed by atoms with Gasteiger partial charge in [-0.25, -0.2) is 9.97 Å². The van der Waals surface area contributed by atoms with E-state index in [0.29, 0.717) is 11.9 Å². The van der Waals surface area contributed by atoms with Crippen molar-refractivity contribution in [3.8, 4) is 0 Å². The number of likely N-dealkylation sites (tertiary alicyclic amines) is 1. The van der Waals surface area contributed by atoms with Crippen LogP contribution in [-0.2, 0) is 6.54 Å². The average molecular weight is 366 g/mol. The number of rotatable bonds is 5. The summed E-state index contributed by atoms with van der Waals surface area (Å²) >= 11 is 6.35. The molecule has 0 radical (unpaired) electrons. The van der Waals surface area contributed by atoms with Gasteiger partial charge in [0, 0.05) is 24.0 Å². The van der Waals surface area contributed by atoms with E-state index in [1.165, 1.54) is 6.42 Å². The van der Waals surface area contributed by atoms with Crippen LogP contribution in [-0.4, -0.2) is 26.4 Å². The van der Waals surface area contributed by atoms with Crippen LogP contribution in [0.3, 0.4) is 0 Å². The summed E-state index contributed by atoms with van der Waals surface area (Å²) < 4.78 is 0. The van der Waals surface area contributed by atoms with Crippen molar-refractivity contribution in [2.24, 2.45) is 0 Å². The van der Waals surface area contributed by atoms with Crippen LogP contribution in [0.5, 0.6) is 0 Å². The highest BCUT2D eigenvalue weighted by atomic mass is 35.5. The lowest BCUT2D eigenvalue weighted by atomic mass is 10.1. The van der Waals surface area contributed by atoms with Crippen molar-refractivity contribution in [2.75, 3.05) is 11.9 Å². The fourth-order valence-corrected chi connectivity index (χ4v) is 3.59. The van der Waals surface area contributed by atoms with Crippen molar-refractivity contribution in [2.45, 2.75) is 25.4 Å². The Labute approximate surface area is 158 Å². The van der Waals surface area contributed by atoms with E-state index in [1.54, 1.807) is 18.6 Å². The summed E-state index contributed by atoms with van der Waals surface area (Å²) in [5.74, 6) is 1.48. The van der Waals surface area contributed by atoms with Gasteiger partial charge in [0.15, 0.2) is 0 Å². The molecule has 0 spiro atoms. The van der Waals surface area contributed by atoms with Gasteiger partial charge < -0.3 is 5.32 Å². The zero-order chi connectivity index (χ0) is 17.8. The molecule has 1 fully saturated rings. The number of anilines is 2. The number of nitrogens with zero attached hydrogens (tertiary/aromatic N) is 4. The molecule has 1 N–H and O–H groups in total.